The molecule has 1 atom stereocenters. The Morgan fingerprint density at radius 3 is 2.47 bits per heavy atom. The molecule has 6 heterocycles. The van der Waals surface area contributed by atoms with Gasteiger partial charge in [-0.15, -0.1) is 0 Å². The highest BCUT2D eigenvalue weighted by atomic mass is 32.2. The molecule has 3 aliphatic heterocycles. The molecule has 0 saturated carbocycles. The predicted octanol–water partition coefficient (Wildman–Crippen LogP) is 5.41. The van der Waals surface area contributed by atoms with Crippen LogP contribution in [0.4, 0.5) is 41.9 Å². The van der Waals surface area contributed by atoms with Crippen LogP contribution in [-0.2, 0) is 52.0 Å². The summed E-state index contributed by atoms with van der Waals surface area (Å²) in [6.45, 7) is 16.0. The van der Waals surface area contributed by atoms with Crippen LogP contribution >= 0.6 is 0 Å². The number of alkyl halides is 3. The van der Waals surface area contributed by atoms with Crippen LogP contribution in [0.25, 0.3) is 11.3 Å². The number of ether oxygens (including phenoxy) is 1. The summed E-state index contributed by atoms with van der Waals surface area (Å²) in [5.41, 5.74) is 0.115. The largest absolute Gasteiger partial charge is 0.420 e. The van der Waals surface area contributed by atoms with Crippen molar-refractivity contribution in [3.05, 3.63) is 82.2 Å². The van der Waals surface area contributed by atoms with Crippen LogP contribution in [0.2, 0.25) is 0 Å². The highest BCUT2D eigenvalue weighted by molar-refractivity contribution is 7.92. The molecule has 3 aromatic heterocycles. The van der Waals surface area contributed by atoms with E-state index < -0.39 is 61.4 Å². The van der Waals surface area contributed by atoms with Crippen molar-refractivity contribution in [3.8, 4) is 11.3 Å². The van der Waals surface area contributed by atoms with Gasteiger partial charge < -0.3 is 29.4 Å². The first-order valence-electron chi connectivity index (χ1n) is 20.6. The van der Waals surface area contributed by atoms with E-state index in [-0.39, 0.29) is 58.2 Å². The summed E-state index contributed by atoms with van der Waals surface area (Å²) in [5, 5.41) is 4.73. The molecule has 62 heavy (non-hydrogen) atoms. The first-order valence-corrected chi connectivity index (χ1v) is 22.1. The number of piperazine rings is 1. The van der Waals surface area contributed by atoms with Gasteiger partial charge in [0.1, 0.15) is 17.1 Å². The molecule has 1 aromatic carbocycles. The summed E-state index contributed by atoms with van der Waals surface area (Å²) in [6, 6.07) is 5.77. The summed E-state index contributed by atoms with van der Waals surface area (Å²) in [6.07, 6.45) is -0.146. The SMILES string of the molecule is C=CC(=O)Nc1cc(Nc2nc(-c3ccnc(N4CCn5c(cc6c5CC(C)(C)C6)C4=O)c3C(F)(F)F)cn(C)c2=O)cc(S(=O)(=O)C(C)C)c1N1CCN(C2COC2)CC1C. The van der Waals surface area contributed by atoms with Crippen molar-refractivity contribution < 1.29 is 35.9 Å². The minimum absolute atomic E-state index is 0.0179. The van der Waals surface area contributed by atoms with Crippen molar-refractivity contribution in [2.75, 3.05) is 59.8 Å². The minimum Gasteiger partial charge on any atom is -0.378 e. The number of pyridine rings is 1. The summed E-state index contributed by atoms with van der Waals surface area (Å²) >= 11 is 0. The molecule has 4 aliphatic rings. The number of benzene rings is 1. The smallest absolute Gasteiger partial charge is 0.378 e. The van der Waals surface area contributed by atoms with Crippen LogP contribution in [0.3, 0.4) is 0 Å². The number of aryl methyl sites for hydroxylation is 1. The van der Waals surface area contributed by atoms with Crippen LogP contribution in [0.5, 0.6) is 0 Å². The normalized spacial score (nSPS) is 19.3. The maximum atomic E-state index is 15.3. The van der Waals surface area contributed by atoms with Crippen LogP contribution in [0.15, 0.2) is 59.0 Å². The van der Waals surface area contributed by atoms with E-state index in [1.165, 1.54) is 39.2 Å². The van der Waals surface area contributed by atoms with Gasteiger partial charge in [0, 0.05) is 75.2 Å². The molecule has 19 heteroatoms. The lowest BCUT2D eigenvalue weighted by Gasteiger charge is -2.47. The number of hydrogen-bond donors (Lipinski definition) is 2. The van der Waals surface area contributed by atoms with Crippen molar-refractivity contribution in [1.82, 2.24) is 24.0 Å². The fourth-order valence-corrected chi connectivity index (χ4v) is 10.3. The van der Waals surface area contributed by atoms with Gasteiger partial charge >= 0.3 is 6.18 Å². The molecule has 8 rings (SSSR count). The number of sulfone groups is 1. The molecule has 2 N–H and O–H groups in total. The Bertz CT molecular complexity index is 2670. The lowest BCUT2D eigenvalue weighted by Crippen LogP contribution is -2.59. The molecule has 330 valence electrons. The molecule has 0 radical (unpaired) electrons. The van der Waals surface area contributed by atoms with Gasteiger partial charge in [-0.1, -0.05) is 20.4 Å². The van der Waals surface area contributed by atoms with Crippen molar-refractivity contribution in [3.63, 3.8) is 0 Å². The second-order valence-electron chi connectivity index (χ2n) is 17.6. The van der Waals surface area contributed by atoms with E-state index >= 15 is 13.2 Å². The first kappa shape index (κ1) is 43.1. The van der Waals surface area contributed by atoms with E-state index in [9.17, 15) is 22.8 Å². The molecule has 4 aromatic rings. The third-order valence-corrected chi connectivity index (χ3v) is 14.4. The zero-order valence-electron chi connectivity index (χ0n) is 35.5. The Balaban J connectivity index is 1.20. The van der Waals surface area contributed by atoms with Crippen LogP contribution in [0.1, 0.15) is 61.9 Å². The highest BCUT2D eigenvalue weighted by Gasteiger charge is 2.44. The number of nitrogens with zero attached hydrogens (tertiary/aromatic N) is 7. The summed E-state index contributed by atoms with van der Waals surface area (Å²) in [5.74, 6) is -2.23. The maximum absolute atomic E-state index is 15.3. The quantitative estimate of drug-likeness (QED) is 0.196. The Kier molecular flexibility index (Phi) is 10.9. The van der Waals surface area contributed by atoms with Gasteiger partial charge in [-0.2, -0.15) is 13.2 Å². The van der Waals surface area contributed by atoms with E-state index in [1.807, 2.05) is 16.4 Å². The lowest BCUT2D eigenvalue weighted by atomic mass is 9.90. The van der Waals surface area contributed by atoms with E-state index in [2.05, 4.69) is 45.9 Å². The van der Waals surface area contributed by atoms with E-state index in [1.54, 1.807) is 6.07 Å². The number of nitrogens with one attached hydrogen (secondary N) is 2. The molecular weight excluding hydrogens is 828 g/mol. The van der Waals surface area contributed by atoms with Gasteiger partial charge in [-0.25, -0.2) is 18.4 Å². The Hall–Kier alpha value is -5.53. The number of anilines is 5. The standard InChI is InChI=1S/C43H50F3N9O6S/c1-8-35(56)49-30-16-27(17-34(62(59,60)24(2)3)37(30)53-12-11-52(20-25(53)4)28-22-61-23-28)48-38-41(58)51(7)21-31(50-38)29-9-10-47-39(36(29)43(44,45)46)55-14-13-54-32(40(55)57)15-26-18-42(5,6)19-33(26)54/h8-10,15-17,21,24-25,28H,1,11-14,18-20,22-23H2,2-7H3,(H,48,50)(H,49,56). The van der Waals surface area contributed by atoms with Gasteiger partial charge in [0.2, 0.25) is 5.91 Å². The molecular formula is C43H50F3N9O6S. The zero-order valence-corrected chi connectivity index (χ0v) is 36.3. The highest BCUT2D eigenvalue weighted by Crippen LogP contribution is 2.45. The van der Waals surface area contributed by atoms with E-state index in [0.717, 1.165) is 51.9 Å². The topological polar surface area (TPSA) is 164 Å². The molecule has 0 spiro atoms. The average molecular weight is 878 g/mol. The number of amides is 2. The van der Waals surface area contributed by atoms with Crippen LogP contribution < -0.4 is 26.0 Å². The molecule has 0 bridgehead atoms. The first-order chi connectivity index (χ1) is 29.2. The third kappa shape index (κ3) is 7.67. The third-order valence-electron chi connectivity index (χ3n) is 12.2. The zero-order chi connectivity index (χ0) is 44.6. The maximum Gasteiger partial charge on any atom is 0.420 e. The molecule has 15 nitrogen and oxygen atoms in total. The molecule has 1 unspecified atom stereocenters. The Labute approximate surface area is 357 Å². The van der Waals surface area contributed by atoms with Crippen molar-refractivity contribution in [1.29, 1.82) is 0 Å². The second kappa shape index (κ2) is 15.7. The summed E-state index contributed by atoms with van der Waals surface area (Å²) in [7, 11) is -2.73. The number of aromatic nitrogens is 4. The fraction of sp³-hybridized carbons (Fsp3) is 0.465. The van der Waals surface area contributed by atoms with Gasteiger partial charge in [-0.05, 0) is 74.9 Å². The summed E-state index contributed by atoms with van der Waals surface area (Å²) in [4.78, 5) is 54.2. The van der Waals surface area contributed by atoms with Crippen molar-refractivity contribution in [2.24, 2.45) is 12.5 Å². The number of fused-ring (bicyclic) bond motifs is 3. The molecule has 2 saturated heterocycles. The van der Waals surface area contributed by atoms with Gasteiger partial charge in [0.15, 0.2) is 15.7 Å². The average Bonchev–Trinajstić information content (AvgIpc) is 3.67. The number of carbonyl (C=O) groups is 2. The monoisotopic (exact) mass is 877 g/mol. The number of hydrogen-bond acceptors (Lipinski definition) is 11. The molecule has 2 amide bonds. The van der Waals surface area contributed by atoms with Gasteiger partial charge in [-0.3, -0.25) is 24.2 Å². The predicted molar refractivity (Wildman–Crippen MR) is 229 cm³/mol. The van der Waals surface area contributed by atoms with Crippen molar-refractivity contribution in [2.45, 2.75) is 82.4 Å². The molecule has 1 aliphatic carbocycles. The van der Waals surface area contributed by atoms with Gasteiger partial charge in [0.25, 0.3) is 11.5 Å². The number of rotatable bonds is 10. The van der Waals surface area contributed by atoms with Crippen molar-refractivity contribution >= 4 is 50.3 Å². The van der Waals surface area contributed by atoms with E-state index in [4.69, 9.17) is 4.74 Å². The summed E-state index contributed by atoms with van der Waals surface area (Å²) < 4.78 is 82.7. The fourth-order valence-electron chi connectivity index (χ4n) is 9.03. The Morgan fingerprint density at radius 1 is 1.08 bits per heavy atom. The second-order valence-corrected chi connectivity index (χ2v) is 20.1. The number of halogens is 3. The van der Waals surface area contributed by atoms with Crippen LogP contribution in [-0.4, -0.2) is 101 Å². The van der Waals surface area contributed by atoms with E-state index in [0.29, 0.717) is 38.5 Å². The minimum atomic E-state index is -5.02. The molecule has 2 fully saturated rings. The number of carbonyl (C=O) groups excluding carboxylic acids is 2. The van der Waals surface area contributed by atoms with Crippen LogP contribution in [0, 0.1) is 5.41 Å². The van der Waals surface area contributed by atoms with Gasteiger partial charge in [0.05, 0.1) is 46.5 Å². The Morgan fingerprint density at radius 2 is 1.82 bits per heavy atom. The lowest BCUT2D eigenvalue weighted by molar-refractivity contribution is -0.136.